The Morgan fingerprint density at radius 2 is 1.32 bits per heavy atom. The standard InChI is InChI=1S/C19H39ClO2/c1-4-5-6-7-8-9-10-11-14-21-17-22-15-12-13-18(2)16-19(3)20/h18-19H,4-17H2,1-3H3. The first-order valence-electron chi connectivity index (χ1n) is 9.46. The van der Waals surface area contributed by atoms with Crippen LogP contribution < -0.4 is 0 Å². The van der Waals surface area contributed by atoms with Crippen LogP contribution in [-0.4, -0.2) is 25.4 Å². The molecule has 0 N–H and O–H groups in total. The molecule has 0 aliphatic heterocycles. The van der Waals surface area contributed by atoms with Crippen LogP contribution in [0.1, 0.15) is 91.4 Å². The third-order valence-electron chi connectivity index (χ3n) is 4.02. The van der Waals surface area contributed by atoms with Crippen molar-refractivity contribution in [2.45, 2.75) is 96.8 Å². The van der Waals surface area contributed by atoms with E-state index in [1.165, 1.54) is 57.8 Å². The normalized spacial score (nSPS) is 14.2. The fraction of sp³-hybridized carbons (Fsp3) is 1.00. The molecule has 0 spiro atoms. The molecule has 2 unspecified atom stereocenters. The first-order valence-corrected chi connectivity index (χ1v) is 9.90. The molecule has 0 aromatic rings. The Morgan fingerprint density at radius 1 is 0.773 bits per heavy atom. The molecule has 0 aliphatic rings. The molecule has 2 atom stereocenters. The molecule has 134 valence electrons. The maximum Gasteiger partial charge on any atom is 0.146 e. The van der Waals surface area contributed by atoms with Crippen LogP contribution in [0.25, 0.3) is 0 Å². The van der Waals surface area contributed by atoms with Gasteiger partial charge in [-0.15, -0.1) is 11.6 Å². The smallest absolute Gasteiger partial charge is 0.146 e. The average Bonchev–Trinajstić information content (AvgIpc) is 2.47. The summed E-state index contributed by atoms with van der Waals surface area (Å²) in [6, 6.07) is 0. The van der Waals surface area contributed by atoms with Crippen molar-refractivity contribution >= 4 is 11.6 Å². The molecule has 2 nitrogen and oxygen atoms in total. The highest BCUT2D eigenvalue weighted by Crippen LogP contribution is 2.15. The van der Waals surface area contributed by atoms with Crippen LogP contribution in [0.2, 0.25) is 0 Å². The van der Waals surface area contributed by atoms with E-state index in [1.54, 1.807) is 0 Å². The van der Waals surface area contributed by atoms with E-state index in [1.807, 2.05) is 0 Å². The highest BCUT2D eigenvalue weighted by atomic mass is 35.5. The Balaban J connectivity index is 3.05. The molecular weight excluding hydrogens is 296 g/mol. The molecule has 0 amide bonds. The van der Waals surface area contributed by atoms with Crippen molar-refractivity contribution in [2.24, 2.45) is 5.92 Å². The van der Waals surface area contributed by atoms with Gasteiger partial charge in [-0.2, -0.15) is 0 Å². The molecule has 22 heavy (non-hydrogen) atoms. The summed E-state index contributed by atoms with van der Waals surface area (Å²) >= 11 is 5.99. The van der Waals surface area contributed by atoms with Gasteiger partial charge in [0, 0.05) is 18.6 Å². The first kappa shape index (κ1) is 22.2. The van der Waals surface area contributed by atoms with Crippen molar-refractivity contribution in [3.05, 3.63) is 0 Å². The van der Waals surface area contributed by atoms with E-state index in [2.05, 4.69) is 20.8 Å². The van der Waals surface area contributed by atoms with E-state index in [4.69, 9.17) is 21.1 Å². The van der Waals surface area contributed by atoms with Crippen LogP contribution in [-0.2, 0) is 9.47 Å². The molecule has 0 aromatic carbocycles. The molecule has 0 aromatic heterocycles. The average molecular weight is 335 g/mol. The quantitative estimate of drug-likeness (QED) is 0.170. The summed E-state index contributed by atoms with van der Waals surface area (Å²) in [5.74, 6) is 0.689. The summed E-state index contributed by atoms with van der Waals surface area (Å²) in [6.45, 7) is 8.69. The fourth-order valence-electron chi connectivity index (χ4n) is 2.72. The van der Waals surface area contributed by atoms with Crippen LogP contribution in [0.15, 0.2) is 0 Å². The summed E-state index contributed by atoms with van der Waals surface area (Å²) in [4.78, 5) is 0. The van der Waals surface area contributed by atoms with Gasteiger partial charge in [0.2, 0.25) is 0 Å². The Hall–Kier alpha value is 0.210. The number of hydrogen-bond acceptors (Lipinski definition) is 2. The van der Waals surface area contributed by atoms with Crippen molar-refractivity contribution in [3.8, 4) is 0 Å². The van der Waals surface area contributed by atoms with E-state index in [0.29, 0.717) is 12.7 Å². The minimum absolute atomic E-state index is 0.283. The van der Waals surface area contributed by atoms with Gasteiger partial charge in [-0.3, -0.25) is 0 Å². The lowest BCUT2D eigenvalue weighted by Gasteiger charge is -2.12. The van der Waals surface area contributed by atoms with Crippen LogP contribution in [0.4, 0.5) is 0 Å². The zero-order valence-electron chi connectivity index (χ0n) is 15.2. The zero-order valence-corrected chi connectivity index (χ0v) is 16.0. The number of halogens is 1. The SMILES string of the molecule is CCCCCCCCCCOCOCCCC(C)CC(C)Cl. The van der Waals surface area contributed by atoms with Crippen LogP contribution in [0.5, 0.6) is 0 Å². The Bertz CT molecular complexity index is 210. The van der Waals surface area contributed by atoms with Gasteiger partial charge in [-0.25, -0.2) is 0 Å². The third-order valence-corrected chi connectivity index (χ3v) is 4.20. The van der Waals surface area contributed by atoms with Crippen molar-refractivity contribution in [2.75, 3.05) is 20.0 Å². The molecular formula is C19H39ClO2. The highest BCUT2D eigenvalue weighted by molar-refractivity contribution is 6.20. The number of alkyl halides is 1. The molecule has 0 rings (SSSR count). The van der Waals surface area contributed by atoms with E-state index >= 15 is 0 Å². The summed E-state index contributed by atoms with van der Waals surface area (Å²) in [5.41, 5.74) is 0. The van der Waals surface area contributed by atoms with E-state index in [0.717, 1.165) is 26.1 Å². The number of hydrogen-bond donors (Lipinski definition) is 0. The van der Waals surface area contributed by atoms with Crippen molar-refractivity contribution in [1.82, 2.24) is 0 Å². The summed E-state index contributed by atoms with van der Waals surface area (Å²) in [7, 11) is 0. The summed E-state index contributed by atoms with van der Waals surface area (Å²) in [5, 5.41) is 0.283. The molecule has 0 fully saturated rings. The van der Waals surface area contributed by atoms with Gasteiger partial charge in [-0.05, 0) is 38.5 Å². The first-order chi connectivity index (χ1) is 10.7. The van der Waals surface area contributed by atoms with Gasteiger partial charge in [-0.1, -0.05) is 58.8 Å². The predicted octanol–water partition coefficient (Wildman–Crippen LogP) is 6.55. The lowest BCUT2D eigenvalue weighted by atomic mass is 10.0. The van der Waals surface area contributed by atoms with Crippen LogP contribution >= 0.6 is 11.6 Å². The third kappa shape index (κ3) is 18.3. The number of ether oxygens (including phenoxy) is 2. The predicted molar refractivity (Wildman–Crippen MR) is 97.7 cm³/mol. The van der Waals surface area contributed by atoms with Crippen molar-refractivity contribution in [1.29, 1.82) is 0 Å². The molecule has 0 radical (unpaired) electrons. The lowest BCUT2D eigenvalue weighted by molar-refractivity contribution is -0.0560. The molecule has 0 bridgehead atoms. The Kier molecular flexibility index (Phi) is 17.7. The molecule has 0 saturated carbocycles. The zero-order chi connectivity index (χ0) is 16.5. The maximum atomic E-state index is 5.99. The molecule has 0 heterocycles. The monoisotopic (exact) mass is 334 g/mol. The molecule has 0 aliphatic carbocycles. The second-order valence-corrected chi connectivity index (χ2v) is 7.42. The summed E-state index contributed by atoms with van der Waals surface area (Å²) in [6.07, 6.45) is 14.1. The van der Waals surface area contributed by atoms with E-state index < -0.39 is 0 Å². The van der Waals surface area contributed by atoms with Crippen molar-refractivity contribution in [3.63, 3.8) is 0 Å². The summed E-state index contributed by atoms with van der Waals surface area (Å²) < 4.78 is 11.0. The largest absolute Gasteiger partial charge is 0.355 e. The highest BCUT2D eigenvalue weighted by Gasteiger charge is 2.05. The minimum atomic E-state index is 0.283. The van der Waals surface area contributed by atoms with Gasteiger partial charge in [0.25, 0.3) is 0 Å². The van der Waals surface area contributed by atoms with Gasteiger partial charge >= 0.3 is 0 Å². The van der Waals surface area contributed by atoms with Gasteiger partial charge in [0.15, 0.2) is 0 Å². The topological polar surface area (TPSA) is 18.5 Å². The Labute approximate surface area is 144 Å². The maximum absolute atomic E-state index is 5.99. The number of unbranched alkanes of at least 4 members (excludes halogenated alkanes) is 7. The second-order valence-electron chi connectivity index (χ2n) is 6.67. The van der Waals surface area contributed by atoms with Crippen LogP contribution in [0.3, 0.4) is 0 Å². The van der Waals surface area contributed by atoms with E-state index in [-0.39, 0.29) is 5.38 Å². The Morgan fingerprint density at radius 3 is 1.91 bits per heavy atom. The van der Waals surface area contributed by atoms with Gasteiger partial charge in [0.05, 0.1) is 0 Å². The van der Waals surface area contributed by atoms with Crippen molar-refractivity contribution < 1.29 is 9.47 Å². The van der Waals surface area contributed by atoms with Gasteiger partial charge < -0.3 is 9.47 Å². The fourth-order valence-corrected chi connectivity index (χ4v) is 3.03. The van der Waals surface area contributed by atoms with Gasteiger partial charge in [0.1, 0.15) is 6.79 Å². The molecule has 0 saturated heterocycles. The second kappa shape index (κ2) is 17.6. The number of rotatable bonds is 17. The lowest BCUT2D eigenvalue weighted by Crippen LogP contribution is -2.06. The molecule has 3 heteroatoms. The minimum Gasteiger partial charge on any atom is -0.355 e. The van der Waals surface area contributed by atoms with Crippen LogP contribution in [0, 0.1) is 5.92 Å². The van der Waals surface area contributed by atoms with E-state index in [9.17, 15) is 0 Å².